The monoisotopic (exact) mass is 389 g/mol. The number of anilines is 1. The van der Waals surface area contributed by atoms with Gasteiger partial charge in [-0.3, -0.25) is 0 Å². The van der Waals surface area contributed by atoms with Crippen LogP contribution in [0.3, 0.4) is 0 Å². The third-order valence-electron chi connectivity index (χ3n) is 4.13. The molecule has 0 aliphatic carbocycles. The van der Waals surface area contributed by atoms with E-state index in [-0.39, 0.29) is 47.1 Å². The lowest BCUT2D eigenvalue weighted by Gasteiger charge is -2.02. The van der Waals surface area contributed by atoms with Crippen LogP contribution in [-0.4, -0.2) is 32.6 Å². The average Bonchev–Trinajstić information content (AvgIpc) is 3.31. The maximum Gasteiger partial charge on any atom is 0.336 e. The first-order valence-electron chi connectivity index (χ1n) is 8.42. The summed E-state index contributed by atoms with van der Waals surface area (Å²) in [4.78, 5) is 11.4. The molecule has 9 heteroatoms. The molecular weight excluding hydrogens is 374 g/mol. The van der Waals surface area contributed by atoms with E-state index < -0.39 is 5.97 Å². The van der Waals surface area contributed by atoms with Crippen molar-refractivity contribution in [3.8, 4) is 23.5 Å². The van der Waals surface area contributed by atoms with Gasteiger partial charge in [0.2, 0.25) is 0 Å². The molecule has 0 fully saturated rings. The molecule has 0 amide bonds. The number of rotatable bonds is 6. The van der Waals surface area contributed by atoms with E-state index in [0.29, 0.717) is 11.3 Å². The van der Waals surface area contributed by atoms with Crippen molar-refractivity contribution in [2.24, 2.45) is 0 Å². The Morgan fingerprint density at radius 1 is 1.28 bits per heavy atom. The number of nitrogen functional groups attached to an aromatic ring is 1. The summed E-state index contributed by atoms with van der Waals surface area (Å²) in [6, 6.07) is 13.4. The minimum absolute atomic E-state index is 0.0225. The molecule has 1 aromatic carbocycles. The first-order valence-corrected chi connectivity index (χ1v) is 8.42. The van der Waals surface area contributed by atoms with Gasteiger partial charge >= 0.3 is 5.97 Å². The van der Waals surface area contributed by atoms with Crippen LogP contribution in [0.2, 0.25) is 0 Å². The first kappa shape index (κ1) is 19.4. The van der Waals surface area contributed by atoms with Crippen LogP contribution in [0.25, 0.3) is 23.0 Å². The van der Waals surface area contributed by atoms with E-state index >= 15 is 0 Å². The number of carbonyl (C=O) groups is 1. The number of aromatic nitrogens is 2. The fourth-order valence-electron chi connectivity index (χ4n) is 2.79. The van der Waals surface area contributed by atoms with Crippen molar-refractivity contribution in [2.75, 3.05) is 12.3 Å². The van der Waals surface area contributed by atoms with E-state index in [1.165, 1.54) is 16.8 Å². The zero-order valence-electron chi connectivity index (χ0n) is 15.0. The number of aromatic carboxylic acids is 1. The Bertz CT molecular complexity index is 1190. The predicted octanol–water partition coefficient (Wildman–Crippen LogP) is 2.35. The van der Waals surface area contributed by atoms with Crippen molar-refractivity contribution in [2.45, 2.75) is 6.54 Å². The number of aliphatic hydroxyl groups is 1. The second-order valence-corrected chi connectivity index (χ2v) is 5.89. The highest BCUT2D eigenvalue weighted by atomic mass is 16.4. The molecule has 2 heterocycles. The van der Waals surface area contributed by atoms with Gasteiger partial charge in [-0.05, 0) is 18.2 Å². The van der Waals surface area contributed by atoms with Crippen LogP contribution in [0.4, 0.5) is 5.82 Å². The molecule has 29 heavy (non-hydrogen) atoms. The molecule has 3 rings (SSSR count). The summed E-state index contributed by atoms with van der Waals surface area (Å²) in [6.07, 6.45) is 1.39. The minimum atomic E-state index is -1.09. The Labute approximate surface area is 165 Å². The molecule has 9 nitrogen and oxygen atoms in total. The van der Waals surface area contributed by atoms with Gasteiger partial charge in [0, 0.05) is 11.6 Å². The van der Waals surface area contributed by atoms with Crippen molar-refractivity contribution in [3.05, 3.63) is 59.0 Å². The van der Waals surface area contributed by atoms with Crippen LogP contribution in [0.5, 0.6) is 0 Å². The number of nitrogens with zero attached hydrogens (tertiary/aromatic N) is 4. The molecule has 0 bridgehead atoms. The third-order valence-corrected chi connectivity index (χ3v) is 4.13. The number of furan rings is 1. The second-order valence-electron chi connectivity index (χ2n) is 5.89. The van der Waals surface area contributed by atoms with Crippen molar-refractivity contribution in [3.63, 3.8) is 0 Å². The molecule has 2 aromatic heterocycles. The van der Waals surface area contributed by atoms with Gasteiger partial charge in [0.1, 0.15) is 40.7 Å². The van der Waals surface area contributed by atoms with Gasteiger partial charge in [-0.2, -0.15) is 15.6 Å². The van der Waals surface area contributed by atoms with Crippen LogP contribution in [0, 0.1) is 22.7 Å². The number of carboxylic acid groups (broad SMARTS) is 1. The van der Waals surface area contributed by atoms with Gasteiger partial charge in [-0.25, -0.2) is 9.48 Å². The van der Waals surface area contributed by atoms with Gasteiger partial charge in [0.25, 0.3) is 0 Å². The highest BCUT2D eigenvalue weighted by Gasteiger charge is 2.20. The topological polar surface area (TPSA) is 162 Å². The zero-order valence-corrected chi connectivity index (χ0v) is 15.0. The van der Waals surface area contributed by atoms with Gasteiger partial charge < -0.3 is 20.4 Å². The lowest BCUT2D eigenvalue weighted by atomic mass is 10.1. The number of allylic oxidation sites excluding steroid dienone is 1. The number of hydrogen-bond acceptors (Lipinski definition) is 7. The maximum atomic E-state index is 11.4. The van der Waals surface area contributed by atoms with Gasteiger partial charge in [-0.15, -0.1) is 0 Å². The van der Waals surface area contributed by atoms with E-state index in [2.05, 4.69) is 5.10 Å². The molecule has 3 aromatic rings. The summed E-state index contributed by atoms with van der Waals surface area (Å²) < 4.78 is 6.94. The normalized spacial score (nSPS) is 11.1. The number of carboxylic acids is 1. The van der Waals surface area contributed by atoms with E-state index in [4.69, 9.17) is 15.3 Å². The Morgan fingerprint density at radius 3 is 2.69 bits per heavy atom. The fraction of sp³-hybridized carbons (Fsp3) is 0.100. The molecule has 144 valence electrons. The van der Waals surface area contributed by atoms with Crippen molar-refractivity contribution >= 4 is 23.4 Å². The van der Waals surface area contributed by atoms with Gasteiger partial charge in [-0.1, -0.05) is 18.2 Å². The van der Waals surface area contributed by atoms with Crippen LogP contribution >= 0.6 is 0 Å². The first-order chi connectivity index (χ1) is 14.0. The van der Waals surface area contributed by atoms with E-state index in [1.807, 2.05) is 12.1 Å². The molecule has 0 saturated carbocycles. The largest absolute Gasteiger partial charge is 0.478 e. The maximum absolute atomic E-state index is 11.4. The van der Waals surface area contributed by atoms with Gasteiger partial charge in [0.15, 0.2) is 0 Å². The highest BCUT2D eigenvalue weighted by molar-refractivity contribution is 5.95. The van der Waals surface area contributed by atoms with E-state index in [0.717, 1.165) is 0 Å². The summed E-state index contributed by atoms with van der Waals surface area (Å²) in [6.45, 7) is -0.150. The van der Waals surface area contributed by atoms with Crippen molar-refractivity contribution in [1.29, 1.82) is 10.5 Å². The molecule has 0 atom stereocenters. The molecule has 0 unspecified atom stereocenters. The Balaban J connectivity index is 2.04. The van der Waals surface area contributed by atoms with Crippen LogP contribution in [-0.2, 0) is 6.54 Å². The standard InChI is InChI=1S/C20H15N5O4/c21-10-12(18-16(11-22)19(23)25(24-18)7-8-26)9-13-5-6-17(29-13)14-3-1-2-4-15(14)20(27)28/h1-6,9,26H,7-8,23H2,(H,27,28)/b12-9+. The van der Waals surface area contributed by atoms with Gasteiger partial charge in [0.05, 0.1) is 24.3 Å². The molecule has 0 spiro atoms. The SMILES string of the molecule is N#C/C(=C\c1ccc(-c2ccccc2C(=O)O)o1)c1nn(CCO)c(N)c1C#N. The Morgan fingerprint density at radius 2 is 2.03 bits per heavy atom. The summed E-state index contributed by atoms with van der Waals surface area (Å²) in [5.74, 6) is -0.447. The fourth-order valence-corrected chi connectivity index (χ4v) is 2.79. The highest BCUT2D eigenvalue weighted by Crippen LogP contribution is 2.29. The quantitative estimate of drug-likeness (QED) is 0.541. The lowest BCUT2D eigenvalue weighted by molar-refractivity contribution is 0.0697. The molecule has 0 aliphatic rings. The van der Waals surface area contributed by atoms with E-state index in [1.54, 1.807) is 30.3 Å². The molecule has 0 radical (unpaired) electrons. The molecular formula is C20H15N5O4. The smallest absolute Gasteiger partial charge is 0.336 e. The van der Waals surface area contributed by atoms with Crippen molar-refractivity contribution in [1.82, 2.24) is 9.78 Å². The lowest BCUT2D eigenvalue weighted by Crippen LogP contribution is -2.07. The summed E-state index contributed by atoms with van der Waals surface area (Å²) in [7, 11) is 0. The second kappa shape index (κ2) is 8.13. The summed E-state index contributed by atoms with van der Waals surface area (Å²) in [5, 5.41) is 41.5. The number of aliphatic hydroxyl groups excluding tert-OH is 1. The molecule has 4 N–H and O–H groups in total. The van der Waals surface area contributed by atoms with Crippen LogP contribution in [0.15, 0.2) is 40.8 Å². The number of benzene rings is 1. The summed E-state index contributed by atoms with van der Waals surface area (Å²) in [5.41, 5.74) is 6.48. The third kappa shape index (κ3) is 3.72. The molecule has 0 aliphatic heterocycles. The average molecular weight is 389 g/mol. The zero-order chi connectivity index (χ0) is 21.0. The Hall–Kier alpha value is -4.34. The summed E-state index contributed by atoms with van der Waals surface area (Å²) >= 11 is 0. The van der Waals surface area contributed by atoms with Crippen LogP contribution in [0.1, 0.15) is 27.4 Å². The molecule has 0 saturated heterocycles. The number of hydrogen-bond donors (Lipinski definition) is 3. The minimum Gasteiger partial charge on any atom is -0.478 e. The predicted molar refractivity (Wildman–Crippen MR) is 103 cm³/mol. The number of nitriles is 2. The number of nitrogens with two attached hydrogens (primary N) is 1. The van der Waals surface area contributed by atoms with Crippen LogP contribution < -0.4 is 5.73 Å². The van der Waals surface area contributed by atoms with E-state index in [9.17, 15) is 20.4 Å². The Kier molecular flexibility index (Phi) is 5.44. The van der Waals surface area contributed by atoms with Crippen molar-refractivity contribution < 1.29 is 19.4 Å².